The Bertz CT molecular complexity index is 408. The molecule has 0 saturated carbocycles. The summed E-state index contributed by atoms with van der Waals surface area (Å²) in [6.07, 6.45) is 2.19. The predicted octanol–water partition coefficient (Wildman–Crippen LogP) is 2.16. The van der Waals surface area contributed by atoms with E-state index in [-0.39, 0.29) is 18.0 Å². The maximum atomic E-state index is 12.2. The summed E-state index contributed by atoms with van der Waals surface area (Å²) in [5, 5.41) is 0. The van der Waals surface area contributed by atoms with Crippen molar-refractivity contribution in [2.45, 2.75) is 51.7 Å². The van der Waals surface area contributed by atoms with Crippen molar-refractivity contribution in [1.29, 1.82) is 0 Å². The van der Waals surface area contributed by atoms with E-state index in [2.05, 4.69) is 12.6 Å². The van der Waals surface area contributed by atoms with Crippen molar-refractivity contribution in [2.24, 2.45) is 5.92 Å². The van der Waals surface area contributed by atoms with Crippen LogP contribution in [0.1, 0.15) is 40.0 Å². The second kappa shape index (κ2) is 6.46. The molecular formula is C15H26N2O3S. The molecule has 0 radical (unpaired) electrons. The van der Waals surface area contributed by atoms with Crippen LogP contribution in [0.5, 0.6) is 0 Å². The van der Waals surface area contributed by atoms with Crippen LogP contribution in [-0.2, 0) is 9.53 Å². The lowest BCUT2D eigenvalue weighted by Crippen LogP contribution is -2.51. The maximum absolute atomic E-state index is 12.2. The smallest absolute Gasteiger partial charge is 0.410 e. The second-order valence-corrected chi connectivity index (χ2v) is 7.39. The van der Waals surface area contributed by atoms with Crippen LogP contribution in [0.4, 0.5) is 4.79 Å². The molecule has 2 atom stereocenters. The summed E-state index contributed by atoms with van der Waals surface area (Å²) in [6, 6.07) is 0.128. The van der Waals surface area contributed by atoms with E-state index in [9.17, 15) is 9.59 Å². The van der Waals surface area contributed by atoms with Crippen molar-refractivity contribution < 1.29 is 14.3 Å². The number of carbonyl (C=O) groups excluding carboxylic acids is 2. The van der Waals surface area contributed by atoms with E-state index in [0.717, 1.165) is 25.1 Å². The Morgan fingerprint density at radius 3 is 2.67 bits per heavy atom. The first-order valence-corrected chi connectivity index (χ1v) is 8.31. The van der Waals surface area contributed by atoms with Gasteiger partial charge in [-0.05, 0) is 45.3 Å². The minimum Gasteiger partial charge on any atom is -0.444 e. The van der Waals surface area contributed by atoms with Gasteiger partial charge >= 0.3 is 6.09 Å². The highest BCUT2D eigenvalue weighted by atomic mass is 32.1. The van der Waals surface area contributed by atoms with E-state index in [0.29, 0.717) is 25.4 Å². The largest absolute Gasteiger partial charge is 0.444 e. The van der Waals surface area contributed by atoms with Gasteiger partial charge in [0.05, 0.1) is 0 Å². The molecule has 0 aromatic carbocycles. The van der Waals surface area contributed by atoms with Gasteiger partial charge in [0.1, 0.15) is 5.60 Å². The summed E-state index contributed by atoms with van der Waals surface area (Å²) in [5.41, 5.74) is -0.482. The Hall–Kier alpha value is -0.910. The first kappa shape index (κ1) is 16.5. The van der Waals surface area contributed by atoms with Gasteiger partial charge in [-0.1, -0.05) is 0 Å². The summed E-state index contributed by atoms with van der Waals surface area (Å²) in [7, 11) is 0. The number of hydrogen-bond acceptors (Lipinski definition) is 4. The summed E-state index contributed by atoms with van der Waals surface area (Å²) in [5.74, 6) is 1.29. The fraction of sp³-hybridized carbons (Fsp3) is 0.867. The van der Waals surface area contributed by atoms with Crippen LogP contribution < -0.4 is 0 Å². The van der Waals surface area contributed by atoms with Crippen LogP contribution in [0.25, 0.3) is 0 Å². The average molecular weight is 314 g/mol. The van der Waals surface area contributed by atoms with Gasteiger partial charge in [0, 0.05) is 32.1 Å². The number of nitrogens with zero attached hydrogens (tertiary/aromatic N) is 2. The highest BCUT2D eigenvalue weighted by Gasteiger charge is 2.37. The summed E-state index contributed by atoms with van der Waals surface area (Å²) in [4.78, 5) is 27.9. The van der Waals surface area contributed by atoms with Crippen molar-refractivity contribution in [1.82, 2.24) is 9.80 Å². The molecule has 5 nitrogen and oxygen atoms in total. The number of likely N-dealkylation sites (tertiary alicyclic amines) is 2. The van der Waals surface area contributed by atoms with Crippen LogP contribution in [0.3, 0.4) is 0 Å². The van der Waals surface area contributed by atoms with Gasteiger partial charge in [-0.2, -0.15) is 12.6 Å². The highest BCUT2D eigenvalue weighted by molar-refractivity contribution is 7.80. The molecule has 2 fully saturated rings. The molecule has 2 heterocycles. The number of amides is 2. The number of ether oxygens (including phenoxy) is 1. The van der Waals surface area contributed by atoms with Gasteiger partial charge in [0.2, 0.25) is 5.91 Å². The number of piperidine rings is 1. The number of carbonyl (C=O) groups is 2. The summed E-state index contributed by atoms with van der Waals surface area (Å²) < 4.78 is 5.43. The zero-order valence-electron chi connectivity index (χ0n) is 13.2. The van der Waals surface area contributed by atoms with Crippen molar-refractivity contribution in [3.63, 3.8) is 0 Å². The van der Waals surface area contributed by atoms with Crippen molar-refractivity contribution in [2.75, 3.05) is 25.4 Å². The Kier molecular flexibility index (Phi) is 5.07. The standard InChI is InChI=1S/C15H26N2O3S/c1-15(2,3)20-14(19)16-6-4-5-12(9-16)17-8-11(10-21)7-13(17)18/h11-12,21H,4-10H2,1-3H3. The maximum Gasteiger partial charge on any atom is 0.410 e. The SMILES string of the molecule is CC(C)(C)OC(=O)N1CCCC(N2CC(CS)CC2=O)C1. The second-order valence-electron chi connectivity index (χ2n) is 7.02. The predicted molar refractivity (Wildman–Crippen MR) is 84.5 cm³/mol. The zero-order chi connectivity index (χ0) is 15.6. The Morgan fingerprint density at radius 2 is 2.10 bits per heavy atom. The van der Waals surface area contributed by atoms with Crippen LogP contribution in [0.15, 0.2) is 0 Å². The quantitative estimate of drug-likeness (QED) is 0.795. The van der Waals surface area contributed by atoms with Gasteiger partial charge in [-0.15, -0.1) is 0 Å². The molecule has 0 bridgehead atoms. The third-order valence-corrected chi connectivity index (χ3v) is 4.50. The minimum absolute atomic E-state index is 0.128. The van der Waals surface area contributed by atoms with E-state index in [1.54, 1.807) is 4.90 Å². The van der Waals surface area contributed by atoms with Crippen LogP contribution >= 0.6 is 12.6 Å². The number of thiol groups is 1. The molecule has 2 saturated heterocycles. The molecule has 2 aliphatic heterocycles. The molecule has 0 spiro atoms. The number of rotatable bonds is 2. The van der Waals surface area contributed by atoms with Gasteiger partial charge in [0.25, 0.3) is 0 Å². The highest BCUT2D eigenvalue weighted by Crippen LogP contribution is 2.26. The molecule has 2 aliphatic rings. The average Bonchev–Trinajstić information content (AvgIpc) is 2.78. The summed E-state index contributed by atoms with van der Waals surface area (Å²) in [6.45, 7) is 7.67. The molecule has 0 aromatic heterocycles. The molecule has 2 unspecified atom stereocenters. The van der Waals surface area contributed by atoms with E-state index < -0.39 is 5.60 Å². The molecule has 120 valence electrons. The molecule has 6 heteroatoms. The number of hydrogen-bond donors (Lipinski definition) is 1. The van der Waals surface area contributed by atoms with Gasteiger partial charge in [0.15, 0.2) is 0 Å². The molecule has 0 aromatic rings. The lowest BCUT2D eigenvalue weighted by Gasteiger charge is -2.38. The van der Waals surface area contributed by atoms with Crippen molar-refractivity contribution in [3.8, 4) is 0 Å². The Balaban J connectivity index is 1.95. The van der Waals surface area contributed by atoms with E-state index in [1.807, 2.05) is 25.7 Å². The minimum atomic E-state index is -0.482. The van der Waals surface area contributed by atoms with E-state index >= 15 is 0 Å². The van der Waals surface area contributed by atoms with Gasteiger partial charge < -0.3 is 14.5 Å². The van der Waals surface area contributed by atoms with E-state index in [1.165, 1.54) is 0 Å². The molecule has 2 rings (SSSR count). The topological polar surface area (TPSA) is 49.9 Å². The van der Waals surface area contributed by atoms with Gasteiger partial charge in [-0.25, -0.2) is 4.79 Å². The van der Waals surface area contributed by atoms with Crippen molar-refractivity contribution >= 4 is 24.6 Å². The van der Waals surface area contributed by atoms with Gasteiger partial charge in [-0.3, -0.25) is 4.79 Å². The molecule has 0 N–H and O–H groups in total. The van der Waals surface area contributed by atoms with E-state index in [4.69, 9.17) is 4.74 Å². The first-order chi connectivity index (χ1) is 9.80. The normalized spacial score (nSPS) is 27.1. The first-order valence-electron chi connectivity index (χ1n) is 7.68. The Labute approximate surface area is 132 Å². The monoisotopic (exact) mass is 314 g/mol. The van der Waals surface area contributed by atoms with Crippen LogP contribution in [-0.4, -0.2) is 58.8 Å². The molecule has 21 heavy (non-hydrogen) atoms. The third-order valence-electron chi connectivity index (χ3n) is 3.99. The lowest BCUT2D eigenvalue weighted by atomic mass is 10.0. The molecular weight excluding hydrogens is 288 g/mol. The fourth-order valence-corrected chi connectivity index (χ4v) is 3.23. The zero-order valence-corrected chi connectivity index (χ0v) is 14.1. The fourth-order valence-electron chi connectivity index (χ4n) is 2.99. The third kappa shape index (κ3) is 4.28. The molecule has 2 amide bonds. The van der Waals surface area contributed by atoms with Crippen molar-refractivity contribution in [3.05, 3.63) is 0 Å². The summed E-state index contributed by atoms with van der Waals surface area (Å²) >= 11 is 4.29. The lowest BCUT2D eigenvalue weighted by molar-refractivity contribution is -0.130. The molecule has 0 aliphatic carbocycles. The van der Waals surface area contributed by atoms with Crippen LogP contribution in [0.2, 0.25) is 0 Å². The van der Waals surface area contributed by atoms with Crippen LogP contribution in [0, 0.1) is 5.92 Å². The Morgan fingerprint density at radius 1 is 1.38 bits per heavy atom.